The van der Waals surface area contributed by atoms with Crippen LogP contribution in [0.25, 0.3) is 0 Å². The number of hydrogen-bond donors (Lipinski definition) is 0. The Hall–Kier alpha value is -0.0800. The van der Waals surface area contributed by atoms with Crippen LogP contribution in [0, 0.1) is 16.7 Å². The van der Waals surface area contributed by atoms with Gasteiger partial charge in [0.25, 0.3) is 0 Å². The maximum absolute atomic E-state index is 2.78. The lowest BCUT2D eigenvalue weighted by atomic mass is 9.58. The molecule has 0 atom stereocenters. The molecule has 3 fully saturated rings. The van der Waals surface area contributed by atoms with Crippen molar-refractivity contribution in [2.75, 3.05) is 26.2 Å². The SMILES string of the molecule is CC(C)(C)C1CN(C2CC3(CCN(C(C)(C)C)CC3)C2)C1. The molecule has 0 amide bonds. The first-order valence-electron chi connectivity index (χ1n) is 9.08. The second-order valence-corrected chi connectivity index (χ2v) is 10.2. The van der Waals surface area contributed by atoms with Crippen molar-refractivity contribution in [3.63, 3.8) is 0 Å². The number of hydrogen-bond acceptors (Lipinski definition) is 2. The minimum Gasteiger partial charge on any atom is -0.300 e. The summed E-state index contributed by atoms with van der Waals surface area (Å²) >= 11 is 0. The first-order valence-corrected chi connectivity index (χ1v) is 9.08. The first kappa shape index (κ1) is 15.8. The Morgan fingerprint density at radius 1 is 0.857 bits per heavy atom. The van der Waals surface area contributed by atoms with E-state index in [1.54, 1.807) is 0 Å². The summed E-state index contributed by atoms with van der Waals surface area (Å²) in [5.74, 6) is 0.928. The van der Waals surface area contributed by atoms with Crippen molar-refractivity contribution in [1.29, 1.82) is 0 Å². The molecule has 0 aromatic rings. The molecule has 0 aromatic carbocycles. The van der Waals surface area contributed by atoms with Crippen molar-refractivity contribution in [3.05, 3.63) is 0 Å². The molecule has 0 unspecified atom stereocenters. The predicted octanol–water partition coefficient (Wildman–Crippen LogP) is 4.01. The summed E-state index contributed by atoms with van der Waals surface area (Å²) in [5.41, 5.74) is 1.59. The summed E-state index contributed by atoms with van der Waals surface area (Å²) in [6.45, 7) is 19.7. The quantitative estimate of drug-likeness (QED) is 0.720. The molecule has 2 heterocycles. The second kappa shape index (κ2) is 4.96. The van der Waals surface area contributed by atoms with E-state index in [0.29, 0.717) is 11.0 Å². The minimum atomic E-state index is 0.363. The number of nitrogens with zero attached hydrogens (tertiary/aromatic N) is 2. The number of likely N-dealkylation sites (tertiary alicyclic amines) is 2. The molecular weight excluding hydrogens is 256 g/mol. The summed E-state index contributed by atoms with van der Waals surface area (Å²) in [7, 11) is 0. The van der Waals surface area contributed by atoms with E-state index in [9.17, 15) is 0 Å². The Balaban J connectivity index is 1.43. The standard InChI is InChI=1S/C19H36N2/c1-17(2,3)15-13-20(14-15)16-11-19(12-16)7-9-21(10-8-19)18(4,5)6/h15-16H,7-14H2,1-6H3. The Kier molecular flexibility index (Phi) is 3.73. The zero-order valence-electron chi connectivity index (χ0n) is 15.2. The van der Waals surface area contributed by atoms with Crippen LogP contribution < -0.4 is 0 Å². The van der Waals surface area contributed by atoms with E-state index in [0.717, 1.165) is 17.4 Å². The fourth-order valence-corrected chi connectivity index (χ4v) is 4.62. The summed E-state index contributed by atoms with van der Waals surface area (Å²) in [6, 6.07) is 0.921. The Labute approximate surface area is 132 Å². The molecule has 0 bridgehead atoms. The largest absolute Gasteiger partial charge is 0.300 e. The molecule has 3 rings (SSSR count). The maximum atomic E-state index is 2.78. The zero-order chi connectivity index (χ0) is 15.5. The molecule has 0 radical (unpaired) electrons. The van der Waals surface area contributed by atoms with Gasteiger partial charge in [0, 0.05) is 24.7 Å². The van der Waals surface area contributed by atoms with Gasteiger partial charge < -0.3 is 0 Å². The van der Waals surface area contributed by atoms with Crippen LogP contribution in [0.4, 0.5) is 0 Å². The molecular formula is C19H36N2. The van der Waals surface area contributed by atoms with Gasteiger partial charge in [0.1, 0.15) is 0 Å². The van der Waals surface area contributed by atoms with Gasteiger partial charge in [0.2, 0.25) is 0 Å². The molecule has 1 aliphatic carbocycles. The average molecular weight is 293 g/mol. The van der Waals surface area contributed by atoms with Gasteiger partial charge in [-0.3, -0.25) is 9.80 Å². The van der Waals surface area contributed by atoms with Gasteiger partial charge in [0.15, 0.2) is 0 Å². The molecule has 21 heavy (non-hydrogen) atoms. The minimum absolute atomic E-state index is 0.363. The normalized spacial score (nSPS) is 29.4. The van der Waals surface area contributed by atoms with Crippen LogP contribution in [0.1, 0.15) is 67.2 Å². The van der Waals surface area contributed by atoms with Crippen molar-refractivity contribution in [3.8, 4) is 0 Å². The fourth-order valence-electron chi connectivity index (χ4n) is 4.62. The van der Waals surface area contributed by atoms with Crippen molar-refractivity contribution in [2.24, 2.45) is 16.7 Å². The second-order valence-electron chi connectivity index (χ2n) is 10.2. The molecule has 0 aromatic heterocycles. The molecule has 0 N–H and O–H groups in total. The van der Waals surface area contributed by atoms with Gasteiger partial charge in [-0.1, -0.05) is 20.8 Å². The molecule has 2 nitrogen and oxygen atoms in total. The van der Waals surface area contributed by atoms with E-state index in [1.807, 2.05) is 0 Å². The van der Waals surface area contributed by atoms with Crippen molar-refractivity contribution >= 4 is 0 Å². The van der Waals surface area contributed by atoms with Crippen LogP contribution in [0.2, 0.25) is 0 Å². The van der Waals surface area contributed by atoms with Gasteiger partial charge in [-0.25, -0.2) is 0 Å². The monoisotopic (exact) mass is 292 g/mol. The Bertz CT molecular complexity index is 365. The smallest absolute Gasteiger partial charge is 0.0125 e. The molecule has 1 saturated carbocycles. The molecule has 3 aliphatic rings. The van der Waals surface area contributed by atoms with Crippen molar-refractivity contribution < 1.29 is 0 Å². The Morgan fingerprint density at radius 3 is 1.81 bits per heavy atom. The highest BCUT2D eigenvalue weighted by Crippen LogP contribution is 2.53. The van der Waals surface area contributed by atoms with Gasteiger partial charge in [-0.2, -0.15) is 0 Å². The molecule has 2 heteroatoms. The van der Waals surface area contributed by atoms with Crippen molar-refractivity contribution in [2.45, 2.75) is 78.8 Å². The molecule has 2 aliphatic heterocycles. The predicted molar refractivity (Wildman–Crippen MR) is 90.5 cm³/mol. The van der Waals surface area contributed by atoms with Crippen LogP contribution in [0.15, 0.2) is 0 Å². The zero-order valence-corrected chi connectivity index (χ0v) is 15.2. The highest BCUT2D eigenvalue weighted by atomic mass is 15.2. The molecule has 2 saturated heterocycles. The van der Waals surface area contributed by atoms with Gasteiger partial charge in [0.05, 0.1) is 0 Å². The van der Waals surface area contributed by atoms with Crippen LogP contribution in [0.5, 0.6) is 0 Å². The lowest BCUT2D eigenvalue weighted by Crippen LogP contribution is -2.63. The number of rotatable bonds is 1. The number of piperidine rings is 1. The van der Waals surface area contributed by atoms with Gasteiger partial charge in [-0.15, -0.1) is 0 Å². The topological polar surface area (TPSA) is 6.48 Å². The third-order valence-corrected chi connectivity index (χ3v) is 6.76. The van der Waals surface area contributed by atoms with Crippen LogP contribution in [-0.2, 0) is 0 Å². The maximum Gasteiger partial charge on any atom is 0.0125 e. The van der Waals surface area contributed by atoms with Crippen LogP contribution in [0.3, 0.4) is 0 Å². The molecule has 122 valence electrons. The summed E-state index contributed by atoms with van der Waals surface area (Å²) < 4.78 is 0. The third kappa shape index (κ3) is 3.03. The molecule has 1 spiro atoms. The van der Waals surface area contributed by atoms with Crippen LogP contribution >= 0.6 is 0 Å². The lowest BCUT2D eigenvalue weighted by Gasteiger charge is -2.60. The van der Waals surface area contributed by atoms with Gasteiger partial charge >= 0.3 is 0 Å². The highest BCUT2D eigenvalue weighted by Gasteiger charge is 2.51. The summed E-state index contributed by atoms with van der Waals surface area (Å²) in [5, 5.41) is 0. The fraction of sp³-hybridized carbons (Fsp3) is 1.00. The van der Waals surface area contributed by atoms with E-state index in [1.165, 1.54) is 51.9 Å². The van der Waals surface area contributed by atoms with E-state index in [4.69, 9.17) is 0 Å². The summed E-state index contributed by atoms with van der Waals surface area (Å²) in [4.78, 5) is 5.46. The lowest BCUT2D eigenvalue weighted by molar-refractivity contribution is -0.104. The highest BCUT2D eigenvalue weighted by molar-refractivity contribution is 5.05. The van der Waals surface area contributed by atoms with E-state index < -0.39 is 0 Å². The van der Waals surface area contributed by atoms with Crippen LogP contribution in [-0.4, -0.2) is 47.6 Å². The Morgan fingerprint density at radius 2 is 1.38 bits per heavy atom. The van der Waals surface area contributed by atoms with E-state index in [-0.39, 0.29) is 0 Å². The van der Waals surface area contributed by atoms with E-state index in [2.05, 4.69) is 51.3 Å². The average Bonchev–Trinajstić information content (AvgIpc) is 2.22. The van der Waals surface area contributed by atoms with Gasteiger partial charge in [-0.05, 0) is 76.3 Å². The first-order chi connectivity index (χ1) is 9.59. The summed E-state index contributed by atoms with van der Waals surface area (Å²) in [6.07, 6.45) is 5.86. The van der Waals surface area contributed by atoms with E-state index >= 15 is 0 Å². The van der Waals surface area contributed by atoms with Crippen molar-refractivity contribution in [1.82, 2.24) is 9.80 Å². The third-order valence-electron chi connectivity index (χ3n) is 6.76.